The van der Waals surface area contributed by atoms with Gasteiger partial charge in [0.2, 0.25) is 0 Å². The predicted molar refractivity (Wildman–Crippen MR) is 93.2 cm³/mol. The number of imidazole rings is 1. The first kappa shape index (κ1) is 16.2. The number of aromatic nitrogens is 4. The Morgan fingerprint density at radius 3 is 2.80 bits per heavy atom. The Kier molecular flexibility index (Phi) is 4.27. The highest BCUT2D eigenvalue weighted by molar-refractivity contribution is 5.75. The summed E-state index contributed by atoms with van der Waals surface area (Å²) in [4.78, 5) is 11.5. The van der Waals surface area contributed by atoms with E-state index in [1.807, 2.05) is 13.0 Å². The number of fused-ring (bicyclic) bond motifs is 1. The van der Waals surface area contributed by atoms with E-state index in [4.69, 9.17) is 14.2 Å². The van der Waals surface area contributed by atoms with Crippen molar-refractivity contribution in [2.24, 2.45) is 7.05 Å². The Morgan fingerprint density at radius 1 is 1.20 bits per heavy atom. The van der Waals surface area contributed by atoms with Crippen molar-refractivity contribution in [1.82, 2.24) is 24.6 Å². The third-order valence-electron chi connectivity index (χ3n) is 4.69. The molecular formula is C18H23N5O2. The highest BCUT2D eigenvalue weighted by Gasteiger charge is 2.30. The topological polar surface area (TPSA) is 69.2 Å². The molecule has 4 rings (SSSR count). The first-order chi connectivity index (χ1) is 12.1. The summed E-state index contributed by atoms with van der Waals surface area (Å²) in [5, 5.41) is 3.87. The van der Waals surface area contributed by atoms with E-state index in [1.54, 1.807) is 0 Å². The second kappa shape index (κ2) is 6.57. The van der Waals surface area contributed by atoms with Crippen LogP contribution in [0.3, 0.4) is 0 Å². The minimum atomic E-state index is -0.162. The SMILES string of the molecule is Cc1noc([C@H]2CN(CCc3nc4ccccc4n3C)C[C@@H](C)O2)n1. The predicted octanol–water partition coefficient (Wildman–Crippen LogP) is 2.27. The molecule has 2 atom stereocenters. The molecule has 0 unspecified atom stereocenters. The molecule has 3 heterocycles. The molecule has 7 nitrogen and oxygen atoms in total. The summed E-state index contributed by atoms with van der Waals surface area (Å²) in [6.07, 6.45) is 0.866. The largest absolute Gasteiger partial charge is 0.363 e. The average Bonchev–Trinajstić information content (AvgIpc) is 3.17. The maximum absolute atomic E-state index is 5.98. The van der Waals surface area contributed by atoms with Gasteiger partial charge in [-0.15, -0.1) is 0 Å². The molecule has 1 aliphatic rings. The summed E-state index contributed by atoms with van der Waals surface area (Å²) >= 11 is 0. The van der Waals surface area contributed by atoms with Gasteiger partial charge in [-0.1, -0.05) is 17.3 Å². The molecule has 1 fully saturated rings. The van der Waals surface area contributed by atoms with Gasteiger partial charge < -0.3 is 13.8 Å². The molecule has 0 saturated carbocycles. The molecule has 7 heteroatoms. The number of benzene rings is 1. The molecule has 0 amide bonds. The lowest BCUT2D eigenvalue weighted by molar-refractivity contribution is -0.0904. The van der Waals surface area contributed by atoms with Gasteiger partial charge in [0.05, 0.1) is 17.1 Å². The molecule has 1 saturated heterocycles. The van der Waals surface area contributed by atoms with Crippen molar-refractivity contribution < 1.29 is 9.26 Å². The fourth-order valence-electron chi connectivity index (χ4n) is 3.48. The fraction of sp³-hybridized carbons (Fsp3) is 0.500. The van der Waals surface area contributed by atoms with Crippen LogP contribution in [0.5, 0.6) is 0 Å². The van der Waals surface area contributed by atoms with Crippen LogP contribution in [-0.2, 0) is 18.2 Å². The van der Waals surface area contributed by atoms with Crippen molar-refractivity contribution in [2.45, 2.75) is 32.5 Å². The van der Waals surface area contributed by atoms with E-state index in [-0.39, 0.29) is 12.2 Å². The van der Waals surface area contributed by atoms with E-state index < -0.39 is 0 Å². The number of nitrogens with zero attached hydrogens (tertiary/aromatic N) is 5. The molecular weight excluding hydrogens is 318 g/mol. The van der Waals surface area contributed by atoms with Crippen molar-refractivity contribution in [1.29, 1.82) is 0 Å². The second-order valence-electron chi connectivity index (χ2n) is 6.70. The summed E-state index contributed by atoms with van der Waals surface area (Å²) in [6, 6.07) is 8.24. The van der Waals surface area contributed by atoms with Crippen LogP contribution in [0.4, 0.5) is 0 Å². The van der Waals surface area contributed by atoms with Gasteiger partial charge >= 0.3 is 0 Å². The highest BCUT2D eigenvalue weighted by atomic mass is 16.5. The van der Waals surface area contributed by atoms with Crippen LogP contribution in [0.15, 0.2) is 28.8 Å². The average molecular weight is 341 g/mol. The smallest absolute Gasteiger partial charge is 0.257 e. The van der Waals surface area contributed by atoms with Crippen molar-refractivity contribution in [3.05, 3.63) is 41.8 Å². The number of rotatable bonds is 4. The van der Waals surface area contributed by atoms with Crippen LogP contribution in [0.2, 0.25) is 0 Å². The van der Waals surface area contributed by atoms with Crippen molar-refractivity contribution in [3.63, 3.8) is 0 Å². The number of morpholine rings is 1. The van der Waals surface area contributed by atoms with Crippen molar-refractivity contribution in [2.75, 3.05) is 19.6 Å². The number of hydrogen-bond donors (Lipinski definition) is 0. The van der Waals surface area contributed by atoms with Gasteiger partial charge in [-0.2, -0.15) is 4.98 Å². The summed E-state index contributed by atoms with van der Waals surface area (Å²) in [5.41, 5.74) is 2.22. The van der Waals surface area contributed by atoms with Crippen LogP contribution >= 0.6 is 0 Å². The van der Waals surface area contributed by atoms with Gasteiger partial charge in [-0.05, 0) is 26.0 Å². The van der Waals surface area contributed by atoms with Crippen LogP contribution < -0.4 is 0 Å². The number of para-hydroxylation sites is 2. The van der Waals surface area contributed by atoms with Crippen molar-refractivity contribution in [3.8, 4) is 0 Å². The highest BCUT2D eigenvalue weighted by Crippen LogP contribution is 2.24. The molecule has 2 aromatic heterocycles. The Morgan fingerprint density at radius 2 is 2.04 bits per heavy atom. The molecule has 0 radical (unpaired) electrons. The lowest BCUT2D eigenvalue weighted by atomic mass is 10.2. The Bertz CT molecular complexity index is 871. The molecule has 0 N–H and O–H groups in total. The fourth-order valence-corrected chi connectivity index (χ4v) is 3.48. The van der Waals surface area contributed by atoms with Gasteiger partial charge in [-0.3, -0.25) is 4.90 Å². The molecule has 25 heavy (non-hydrogen) atoms. The summed E-state index contributed by atoms with van der Waals surface area (Å²) in [7, 11) is 2.08. The van der Waals surface area contributed by atoms with Gasteiger partial charge in [0, 0.05) is 33.1 Å². The van der Waals surface area contributed by atoms with Crippen LogP contribution in [0.25, 0.3) is 11.0 Å². The Hall–Kier alpha value is -2.25. The monoisotopic (exact) mass is 341 g/mol. The van der Waals surface area contributed by atoms with Crippen LogP contribution in [0.1, 0.15) is 30.6 Å². The standard InChI is InChI=1S/C18H23N5O2/c1-12-10-23(11-16(24-12)18-19-13(2)21-25-18)9-8-17-20-14-6-4-5-7-15(14)22(17)3/h4-7,12,16H,8-11H2,1-3H3/t12-,16-/m1/s1. The van der Waals surface area contributed by atoms with E-state index in [0.717, 1.165) is 37.4 Å². The zero-order valence-corrected chi connectivity index (χ0v) is 14.8. The second-order valence-corrected chi connectivity index (χ2v) is 6.70. The number of ether oxygens (including phenoxy) is 1. The zero-order chi connectivity index (χ0) is 17.4. The molecule has 3 aromatic rings. The van der Waals surface area contributed by atoms with Gasteiger partial charge in [0.25, 0.3) is 5.89 Å². The summed E-state index contributed by atoms with van der Waals surface area (Å²) in [5.74, 6) is 2.31. The van der Waals surface area contributed by atoms with Crippen molar-refractivity contribution >= 4 is 11.0 Å². The lowest BCUT2D eigenvalue weighted by Crippen LogP contribution is -2.43. The molecule has 0 aliphatic carbocycles. The molecule has 132 valence electrons. The van der Waals surface area contributed by atoms with E-state index >= 15 is 0 Å². The number of aryl methyl sites for hydroxylation is 2. The molecule has 1 aliphatic heterocycles. The van der Waals surface area contributed by atoms with E-state index in [0.29, 0.717) is 11.7 Å². The minimum Gasteiger partial charge on any atom is -0.363 e. The zero-order valence-electron chi connectivity index (χ0n) is 14.8. The summed E-state index contributed by atoms with van der Waals surface area (Å²) < 4.78 is 13.5. The first-order valence-electron chi connectivity index (χ1n) is 8.68. The van der Waals surface area contributed by atoms with Gasteiger partial charge in [-0.25, -0.2) is 4.98 Å². The quantitative estimate of drug-likeness (QED) is 0.725. The number of hydrogen-bond acceptors (Lipinski definition) is 6. The van der Waals surface area contributed by atoms with Gasteiger partial charge in [0.15, 0.2) is 5.82 Å². The third kappa shape index (κ3) is 3.29. The van der Waals surface area contributed by atoms with Crippen LogP contribution in [0, 0.1) is 6.92 Å². The molecule has 1 aromatic carbocycles. The Labute approximate surface area is 146 Å². The van der Waals surface area contributed by atoms with E-state index in [9.17, 15) is 0 Å². The normalized spacial score (nSPS) is 21.9. The lowest BCUT2D eigenvalue weighted by Gasteiger charge is -2.35. The molecule has 0 bridgehead atoms. The summed E-state index contributed by atoms with van der Waals surface area (Å²) in [6.45, 7) is 6.48. The molecule has 0 spiro atoms. The third-order valence-corrected chi connectivity index (χ3v) is 4.69. The maximum Gasteiger partial charge on any atom is 0.257 e. The first-order valence-corrected chi connectivity index (χ1v) is 8.68. The van der Waals surface area contributed by atoms with Gasteiger partial charge in [0.1, 0.15) is 11.9 Å². The maximum atomic E-state index is 5.98. The Balaban J connectivity index is 1.45. The van der Waals surface area contributed by atoms with E-state index in [1.165, 1.54) is 5.52 Å². The van der Waals surface area contributed by atoms with E-state index in [2.05, 4.69) is 51.8 Å². The van der Waals surface area contributed by atoms with Crippen LogP contribution in [-0.4, -0.2) is 50.3 Å². The minimum absolute atomic E-state index is 0.131.